The molecule has 1 atom stereocenters. The van der Waals surface area contributed by atoms with Crippen molar-refractivity contribution in [2.24, 2.45) is 0 Å². The molecule has 3 rings (SSSR count). The fraction of sp³-hybridized carbons (Fsp3) is 0.429. The van der Waals surface area contributed by atoms with Crippen LogP contribution in [0.3, 0.4) is 0 Å². The summed E-state index contributed by atoms with van der Waals surface area (Å²) in [6.45, 7) is 14.1. The van der Waals surface area contributed by atoms with E-state index in [0.29, 0.717) is 16.6 Å². The van der Waals surface area contributed by atoms with Gasteiger partial charge in [-0.15, -0.1) is 0 Å². The molecule has 0 aromatic heterocycles. The lowest BCUT2D eigenvalue weighted by molar-refractivity contribution is 0.344. The second kappa shape index (κ2) is 10.4. The maximum Gasteiger partial charge on any atom is 0.258 e. The number of ether oxygens (including phenoxy) is 1. The smallest absolute Gasteiger partial charge is 0.258 e. The van der Waals surface area contributed by atoms with Gasteiger partial charge in [-0.25, -0.2) is 0 Å². The molecule has 0 spiro atoms. The fourth-order valence-electron chi connectivity index (χ4n) is 5.21. The Labute approximate surface area is 190 Å². The van der Waals surface area contributed by atoms with Gasteiger partial charge in [0, 0.05) is 12.3 Å². The van der Waals surface area contributed by atoms with Crippen LogP contribution in [0.15, 0.2) is 84.3 Å². The van der Waals surface area contributed by atoms with Crippen molar-refractivity contribution in [3.63, 3.8) is 0 Å². The standard InChI is InChI=1S/C28H38O2Si/c1-21(2)31(22(3)4,23(5)6)30-27-18-17-25(20-29-26-15-11-8-12-16-26)28(19-27)24-13-9-7-10-14-24/h7-16,19-23,28H,17-18H2,1-6H3/b25-20+. The van der Waals surface area contributed by atoms with Crippen molar-refractivity contribution in [1.29, 1.82) is 0 Å². The first-order valence-electron chi connectivity index (χ1n) is 11.7. The first kappa shape index (κ1) is 23.4. The molecule has 0 bridgehead atoms. The van der Waals surface area contributed by atoms with Crippen LogP contribution in [0.2, 0.25) is 16.6 Å². The summed E-state index contributed by atoms with van der Waals surface area (Å²) in [7, 11) is -1.96. The highest BCUT2D eigenvalue weighted by atomic mass is 28.4. The number of para-hydroxylation sites is 1. The number of rotatable bonds is 8. The van der Waals surface area contributed by atoms with Crippen molar-refractivity contribution in [3.8, 4) is 5.75 Å². The Balaban J connectivity index is 1.94. The van der Waals surface area contributed by atoms with E-state index in [1.165, 1.54) is 16.9 Å². The van der Waals surface area contributed by atoms with E-state index in [4.69, 9.17) is 9.16 Å². The maximum atomic E-state index is 7.06. The number of allylic oxidation sites excluding steroid dienone is 3. The van der Waals surface area contributed by atoms with Crippen LogP contribution in [-0.2, 0) is 4.43 Å². The van der Waals surface area contributed by atoms with Crippen LogP contribution in [0, 0.1) is 0 Å². The lowest BCUT2D eigenvalue weighted by Crippen LogP contribution is -2.47. The zero-order chi connectivity index (χ0) is 22.4. The van der Waals surface area contributed by atoms with Gasteiger partial charge >= 0.3 is 0 Å². The Morgan fingerprint density at radius 1 is 0.774 bits per heavy atom. The van der Waals surface area contributed by atoms with Gasteiger partial charge in [-0.1, -0.05) is 90.1 Å². The highest BCUT2D eigenvalue weighted by Crippen LogP contribution is 2.46. The third kappa shape index (κ3) is 5.33. The normalized spacial score (nSPS) is 18.5. The zero-order valence-electron chi connectivity index (χ0n) is 20.0. The topological polar surface area (TPSA) is 18.5 Å². The summed E-state index contributed by atoms with van der Waals surface area (Å²) in [5, 5.41) is 0. The van der Waals surface area contributed by atoms with Crippen molar-refractivity contribution in [1.82, 2.24) is 0 Å². The minimum Gasteiger partial charge on any atom is -0.546 e. The molecule has 0 saturated heterocycles. The van der Waals surface area contributed by atoms with E-state index in [2.05, 4.69) is 78.0 Å². The van der Waals surface area contributed by atoms with Gasteiger partial charge in [0.25, 0.3) is 8.32 Å². The number of hydrogen-bond acceptors (Lipinski definition) is 2. The molecule has 1 aliphatic carbocycles. The van der Waals surface area contributed by atoms with Crippen LogP contribution >= 0.6 is 0 Å². The van der Waals surface area contributed by atoms with Crippen LogP contribution in [0.25, 0.3) is 0 Å². The van der Waals surface area contributed by atoms with Gasteiger partial charge in [0.05, 0.1) is 12.0 Å². The lowest BCUT2D eigenvalue weighted by atomic mass is 9.84. The molecule has 1 unspecified atom stereocenters. The molecule has 0 fully saturated rings. The molecule has 2 aromatic carbocycles. The van der Waals surface area contributed by atoms with Gasteiger partial charge in [0.2, 0.25) is 0 Å². The summed E-state index contributed by atoms with van der Waals surface area (Å²) >= 11 is 0. The predicted octanol–water partition coefficient (Wildman–Crippen LogP) is 8.60. The van der Waals surface area contributed by atoms with Crippen molar-refractivity contribution in [2.75, 3.05) is 0 Å². The molecular formula is C28H38O2Si. The lowest BCUT2D eigenvalue weighted by Gasteiger charge is -2.44. The summed E-state index contributed by atoms with van der Waals surface area (Å²) in [6, 6.07) is 20.7. The molecule has 31 heavy (non-hydrogen) atoms. The third-order valence-electron chi connectivity index (χ3n) is 6.68. The minimum atomic E-state index is -1.96. The first-order valence-corrected chi connectivity index (χ1v) is 13.8. The summed E-state index contributed by atoms with van der Waals surface area (Å²) in [5.41, 5.74) is 4.30. The second-order valence-electron chi connectivity index (χ2n) is 9.56. The average Bonchev–Trinajstić information content (AvgIpc) is 2.77. The maximum absolute atomic E-state index is 7.06. The van der Waals surface area contributed by atoms with Crippen LogP contribution in [0.5, 0.6) is 5.75 Å². The first-order chi connectivity index (χ1) is 14.8. The Hall–Kier alpha value is -2.26. The molecule has 0 amide bonds. The Bertz CT molecular complexity index is 860. The van der Waals surface area contributed by atoms with E-state index in [-0.39, 0.29) is 5.92 Å². The quantitative estimate of drug-likeness (QED) is 0.306. The molecule has 2 nitrogen and oxygen atoms in total. The van der Waals surface area contributed by atoms with Gasteiger partial charge in [0.1, 0.15) is 5.75 Å². The highest BCUT2D eigenvalue weighted by Gasteiger charge is 2.47. The van der Waals surface area contributed by atoms with Gasteiger partial charge < -0.3 is 9.16 Å². The SMILES string of the molecule is CC(C)[Si](OC1=CC(c2ccccc2)/C(=C/Oc2ccccc2)CC1)(C(C)C)C(C)C. The number of benzene rings is 2. The molecule has 0 radical (unpaired) electrons. The van der Waals surface area contributed by atoms with E-state index < -0.39 is 8.32 Å². The monoisotopic (exact) mass is 434 g/mol. The summed E-state index contributed by atoms with van der Waals surface area (Å²) < 4.78 is 13.1. The van der Waals surface area contributed by atoms with E-state index in [1.54, 1.807) is 0 Å². The Morgan fingerprint density at radius 2 is 1.32 bits per heavy atom. The van der Waals surface area contributed by atoms with Crippen LogP contribution in [0.4, 0.5) is 0 Å². The van der Waals surface area contributed by atoms with Gasteiger partial charge in [-0.2, -0.15) is 0 Å². The van der Waals surface area contributed by atoms with Gasteiger partial charge in [-0.3, -0.25) is 0 Å². The predicted molar refractivity (Wildman–Crippen MR) is 134 cm³/mol. The molecular weight excluding hydrogens is 396 g/mol. The van der Waals surface area contributed by atoms with Crippen LogP contribution in [-0.4, -0.2) is 8.32 Å². The highest BCUT2D eigenvalue weighted by molar-refractivity contribution is 6.77. The van der Waals surface area contributed by atoms with Crippen LogP contribution < -0.4 is 4.74 Å². The Morgan fingerprint density at radius 3 is 1.87 bits per heavy atom. The van der Waals surface area contributed by atoms with Gasteiger partial charge in [-0.05, 0) is 52.4 Å². The molecule has 0 N–H and O–H groups in total. The summed E-state index contributed by atoms with van der Waals surface area (Å²) in [6.07, 6.45) is 6.21. The van der Waals surface area contributed by atoms with Crippen molar-refractivity contribution in [3.05, 3.63) is 89.9 Å². The summed E-state index contributed by atoms with van der Waals surface area (Å²) in [5.74, 6) is 2.24. The zero-order valence-corrected chi connectivity index (χ0v) is 21.0. The van der Waals surface area contributed by atoms with Crippen molar-refractivity contribution in [2.45, 2.75) is 76.9 Å². The van der Waals surface area contributed by atoms with Crippen molar-refractivity contribution < 1.29 is 9.16 Å². The largest absolute Gasteiger partial charge is 0.546 e. The third-order valence-corrected chi connectivity index (χ3v) is 12.7. The molecule has 0 heterocycles. The average molecular weight is 435 g/mol. The fourth-order valence-corrected chi connectivity index (χ4v) is 10.5. The van der Waals surface area contributed by atoms with E-state index in [0.717, 1.165) is 18.6 Å². The molecule has 2 aromatic rings. The second-order valence-corrected chi connectivity index (χ2v) is 14.9. The molecule has 0 saturated carbocycles. The van der Waals surface area contributed by atoms with Crippen LogP contribution in [0.1, 0.15) is 65.9 Å². The minimum absolute atomic E-state index is 0.187. The molecule has 166 valence electrons. The molecule has 1 aliphatic rings. The molecule has 3 heteroatoms. The van der Waals surface area contributed by atoms with E-state index in [9.17, 15) is 0 Å². The van der Waals surface area contributed by atoms with Gasteiger partial charge in [0.15, 0.2) is 0 Å². The number of hydrogen-bond donors (Lipinski definition) is 0. The van der Waals surface area contributed by atoms with E-state index in [1.807, 2.05) is 36.6 Å². The molecule has 0 aliphatic heterocycles. The summed E-state index contributed by atoms with van der Waals surface area (Å²) in [4.78, 5) is 0. The Kier molecular flexibility index (Phi) is 7.82. The van der Waals surface area contributed by atoms with Crippen molar-refractivity contribution >= 4 is 8.32 Å². The van der Waals surface area contributed by atoms with E-state index >= 15 is 0 Å².